The molecule has 0 saturated heterocycles. The topological polar surface area (TPSA) is 48.7 Å². The summed E-state index contributed by atoms with van der Waals surface area (Å²) in [6, 6.07) is 13.2. The lowest BCUT2D eigenvalue weighted by atomic mass is 10.2. The zero-order valence-electron chi connectivity index (χ0n) is 12.6. The Morgan fingerprint density at radius 3 is 2.64 bits per heavy atom. The van der Waals surface area contributed by atoms with Crippen LogP contribution >= 0.6 is 34.5 Å². The molecule has 1 N–H and O–H groups in total. The third-order valence-corrected chi connectivity index (χ3v) is 4.72. The first-order valence-corrected chi connectivity index (χ1v) is 8.74. The van der Waals surface area contributed by atoms with Crippen LogP contribution in [0.1, 0.15) is 5.01 Å². The van der Waals surface area contributed by atoms with Crippen molar-refractivity contribution in [1.82, 2.24) is 4.98 Å². The van der Waals surface area contributed by atoms with Gasteiger partial charge < -0.3 is 5.32 Å². The third kappa shape index (κ3) is 4.18. The second-order valence-electron chi connectivity index (χ2n) is 4.98. The van der Waals surface area contributed by atoms with E-state index in [9.17, 15) is 9.65 Å². The lowest BCUT2D eigenvalue weighted by Gasteiger charge is -2.04. The minimum atomic E-state index is -0.305. The second kappa shape index (κ2) is 7.66. The Morgan fingerprint density at radius 1 is 1.20 bits per heavy atom. The lowest BCUT2D eigenvalue weighted by Crippen LogP contribution is -1.92. The van der Waals surface area contributed by atoms with Crippen LogP contribution in [0.25, 0.3) is 16.8 Å². The molecule has 0 bridgehead atoms. The fourth-order valence-corrected chi connectivity index (χ4v) is 3.31. The lowest BCUT2D eigenvalue weighted by molar-refractivity contribution is 0.628. The van der Waals surface area contributed by atoms with E-state index in [0.717, 1.165) is 5.56 Å². The van der Waals surface area contributed by atoms with Gasteiger partial charge in [-0.1, -0.05) is 23.2 Å². The van der Waals surface area contributed by atoms with E-state index in [1.54, 1.807) is 36.5 Å². The van der Waals surface area contributed by atoms with Crippen LogP contribution in [0, 0.1) is 17.1 Å². The molecule has 1 aromatic heterocycles. The summed E-state index contributed by atoms with van der Waals surface area (Å²) in [5, 5.41) is 15.7. The Bertz CT molecular complexity index is 975. The van der Waals surface area contributed by atoms with Crippen LogP contribution in [0.4, 0.5) is 10.1 Å². The van der Waals surface area contributed by atoms with E-state index in [1.807, 2.05) is 5.38 Å². The number of hydrogen-bond donors (Lipinski definition) is 1. The third-order valence-electron chi connectivity index (χ3n) is 3.30. The van der Waals surface area contributed by atoms with Crippen molar-refractivity contribution in [1.29, 1.82) is 5.26 Å². The van der Waals surface area contributed by atoms with Crippen molar-refractivity contribution in [2.75, 3.05) is 5.32 Å². The summed E-state index contributed by atoms with van der Waals surface area (Å²) in [4.78, 5) is 4.44. The Labute approximate surface area is 158 Å². The molecule has 3 aromatic rings. The molecular formula is C18H10Cl2FN3S. The van der Waals surface area contributed by atoms with Gasteiger partial charge in [-0.2, -0.15) is 5.26 Å². The number of nitrogens with zero attached hydrogens (tertiary/aromatic N) is 2. The van der Waals surface area contributed by atoms with E-state index >= 15 is 0 Å². The SMILES string of the molecule is N#C/C(=C\Nc1ccc(Cl)cc1Cl)c1nc(-c2ccc(F)cc2)cs1. The number of thiazole rings is 1. The van der Waals surface area contributed by atoms with E-state index in [4.69, 9.17) is 23.2 Å². The summed E-state index contributed by atoms with van der Waals surface area (Å²) >= 11 is 13.3. The Kier molecular flexibility index (Phi) is 5.34. The summed E-state index contributed by atoms with van der Waals surface area (Å²) in [5.41, 5.74) is 2.47. The molecule has 3 rings (SSSR count). The van der Waals surface area contributed by atoms with Gasteiger partial charge in [0, 0.05) is 22.2 Å². The van der Waals surface area contributed by atoms with Gasteiger partial charge >= 0.3 is 0 Å². The quantitative estimate of drug-likeness (QED) is 0.537. The van der Waals surface area contributed by atoms with Crippen molar-refractivity contribution in [2.24, 2.45) is 0 Å². The zero-order chi connectivity index (χ0) is 17.8. The molecule has 0 saturated carbocycles. The fraction of sp³-hybridized carbons (Fsp3) is 0. The van der Waals surface area contributed by atoms with Crippen LogP contribution in [-0.4, -0.2) is 4.98 Å². The van der Waals surface area contributed by atoms with Gasteiger partial charge in [-0.05, 0) is 42.5 Å². The number of nitriles is 1. The Morgan fingerprint density at radius 2 is 1.96 bits per heavy atom. The minimum Gasteiger partial charge on any atom is -0.359 e. The summed E-state index contributed by atoms with van der Waals surface area (Å²) in [6.45, 7) is 0. The summed E-state index contributed by atoms with van der Waals surface area (Å²) in [6.07, 6.45) is 1.54. The highest BCUT2D eigenvalue weighted by atomic mass is 35.5. The molecule has 0 amide bonds. The van der Waals surface area contributed by atoms with Crippen LogP contribution in [0.5, 0.6) is 0 Å². The van der Waals surface area contributed by atoms with E-state index < -0.39 is 0 Å². The van der Waals surface area contributed by atoms with E-state index in [1.165, 1.54) is 23.5 Å². The van der Waals surface area contributed by atoms with Crippen LogP contribution < -0.4 is 5.32 Å². The van der Waals surface area contributed by atoms with Crippen molar-refractivity contribution in [3.63, 3.8) is 0 Å². The number of hydrogen-bond acceptors (Lipinski definition) is 4. The summed E-state index contributed by atoms with van der Waals surface area (Å²) < 4.78 is 13.0. The molecule has 0 aliphatic carbocycles. The molecule has 0 aliphatic rings. The first-order valence-electron chi connectivity index (χ1n) is 7.10. The van der Waals surface area contributed by atoms with E-state index in [0.29, 0.717) is 32.0 Å². The van der Waals surface area contributed by atoms with Gasteiger partial charge in [-0.15, -0.1) is 11.3 Å². The van der Waals surface area contributed by atoms with Gasteiger partial charge in [-0.3, -0.25) is 0 Å². The molecule has 0 unspecified atom stereocenters. The number of halogens is 3. The van der Waals surface area contributed by atoms with E-state index in [-0.39, 0.29) is 5.82 Å². The van der Waals surface area contributed by atoms with Gasteiger partial charge in [0.1, 0.15) is 22.5 Å². The summed E-state index contributed by atoms with van der Waals surface area (Å²) in [5.74, 6) is -0.305. The molecule has 0 atom stereocenters. The second-order valence-corrected chi connectivity index (χ2v) is 6.68. The van der Waals surface area contributed by atoms with Crippen molar-refractivity contribution >= 4 is 45.8 Å². The molecule has 124 valence electrons. The predicted octanol–water partition coefficient (Wildman–Crippen LogP) is 6.23. The van der Waals surface area contributed by atoms with Crippen molar-refractivity contribution in [3.8, 4) is 17.3 Å². The first-order chi connectivity index (χ1) is 12.1. The van der Waals surface area contributed by atoms with Gasteiger partial charge in [0.25, 0.3) is 0 Å². The molecule has 25 heavy (non-hydrogen) atoms. The zero-order valence-corrected chi connectivity index (χ0v) is 15.0. The number of allylic oxidation sites excluding steroid dienone is 1. The number of aromatic nitrogens is 1. The monoisotopic (exact) mass is 389 g/mol. The normalized spacial score (nSPS) is 11.2. The van der Waals surface area contributed by atoms with Crippen molar-refractivity contribution in [2.45, 2.75) is 0 Å². The summed E-state index contributed by atoms with van der Waals surface area (Å²) in [7, 11) is 0. The van der Waals surface area contributed by atoms with Crippen LogP contribution in [0.2, 0.25) is 10.0 Å². The van der Waals surface area contributed by atoms with E-state index in [2.05, 4.69) is 16.4 Å². The highest BCUT2D eigenvalue weighted by Gasteiger charge is 2.09. The molecule has 1 heterocycles. The smallest absolute Gasteiger partial charge is 0.136 e. The van der Waals surface area contributed by atoms with Crippen LogP contribution in [0.15, 0.2) is 54.0 Å². The van der Waals surface area contributed by atoms with Gasteiger partial charge in [-0.25, -0.2) is 9.37 Å². The maximum absolute atomic E-state index is 13.0. The molecular weight excluding hydrogens is 380 g/mol. The standard InChI is InChI=1S/C18H10Cl2FN3S/c19-13-3-6-16(15(20)7-13)23-9-12(8-22)18-24-17(10-25-18)11-1-4-14(21)5-2-11/h1-7,9-10,23H/b12-9+. The van der Waals surface area contributed by atoms with Gasteiger partial charge in [0.2, 0.25) is 0 Å². The Hall–Kier alpha value is -2.39. The maximum Gasteiger partial charge on any atom is 0.136 e. The predicted molar refractivity (Wildman–Crippen MR) is 101 cm³/mol. The number of anilines is 1. The van der Waals surface area contributed by atoms with Gasteiger partial charge in [0.05, 0.1) is 16.4 Å². The fourth-order valence-electron chi connectivity index (χ4n) is 2.05. The maximum atomic E-state index is 13.0. The van der Waals surface area contributed by atoms with Gasteiger partial charge in [0.15, 0.2) is 0 Å². The minimum absolute atomic E-state index is 0.305. The number of nitrogens with one attached hydrogen (secondary N) is 1. The molecule has 0 fully saturated rings. The average molecular weight is 390 g/mol. The molecule has 0 spiro atoms. The molecule has 2 aromatic carbocycles. The average Bonchev–Trinajstić information content (AvgIpc) is 3.07. The molecule has 0 aliphatic heterocycles. The van der Waals surface area contributed by atoms with Crippen LogP contribution in [-0.2, 0) is 0 Å². The van der Waals surface area contributed by atoms with Crippen LogP contribution in [0.3, 0.4) is 0 Å². The number of benzene rings is 2. The Balaban J connectivity index is 1.84. The molecule has 3 nitrogen and oxygen atoms in total. The highest BCUT2D eigenvalue weighted by Crippen LogP contribution is 2.28. The number of rotatable bonds is 4. The van der Waals surface area contributed by atoms with Crippen molar-refractivity contribution < 1.29 is 4.39 Å². The highest BCUT2D eigenvalue weighted by molar-refractivity contribution is 7.11. The first kappa shape index (κ1) is 17.4. The molecule has 0 radical (unpaired) electrons. The van der Waals surface area contributed by atoms with Crippen molar-refractivity contribution in [3.05, 3.63) is 74.9 Å². The molecule has 7 heteroatoms. The largest absolute Gasteiger partial charge is 0.359 e.